The van der Waals surface area contributed by atoms with Crippen molar-refractivity contribution in [2.75, 3.05) is 6.54 Å². The Hall–Kier alpha value is -3.15. The highest BCUT2D eigenvalue weighted by molar-refractivity contribution is 5.98. The number of H-pyrrole nitrogens is 1. The van der Waals surface area contributed by atoms with E-state index in [4.69, 9.17) is 0 Å². The smallest absolute Gasteiger partial charge is 0.267 e. The summed E-state index contributed by atoms with van der Waals surface area (Å²) < 4.78 is 15.8. The quantitative estimate of drug-likeness (QED) is 0.548. The largest absolute Gasteiger partial charge is 0.351 e. The van der Waals surface area contributed by atoms with Gasteiger partial charge >= 0.3 is 0 Å². The summed E-state index contributed by atoms with van der Waals surface area (Å²) in [6.07, 6.45) is 2.59. The lowest BCUT2D eigenvalue weighted by Crippen LogP contribution is -2.25. The van der Waals surface area contributed by atoms with E-state index in [1.54, 1.807) is 18.2 Å². The summed E-state index contributed by atoms with van der Waals surface area (Å²) >= 11 is 0. The zero-order chi connectivity index (χ0) is 17.2. The minimum atomic E-state index is -0.334. The molecule has 25 heavy (non-hydrogen) atoms. The zero-order valence-electron chi connectivity index (χ0n) is 13.5. The third kappa shape index (κ3) is 2.98. The van der Waals surface area contributed by atoms with Crippen LogP contribution in [0.15, 0.2) is 54.9 Å². The number of nitrogens with one attached hydrogen (secondary N) is 2. The van der Waals surface area contributed by atoms with Crippen LogP contribution in [0.25, 0.3) is 21.9 Å². The van der Waals surface area contributed by atoms with Gasteiger partial charge in [-0.15, -0.1) is 0 Å². The lowest BCUT2D eigenvalue weighted by Gasteiger charge is -2.06. The molecule has 2 aromatic heterocycles. The van der Waals surface area contributed by atoms with Gasteiger partial charge in [-0.25, -0.2) is 9.37 Å². The molecular formula is C19H17FN4O. The predicted molar refractivity (Wildman–Crippen MR) is 94.9 cm³/mol. The molecule has 1 amide bonds. The first kappa shape index (κ1) is 15.4. The Labute approximate surface area is 143 Å². The summed E-state index contributed by atoms with van der Waals surface area (Å²) in [6.45, 7) is 1.30. The second-order valence-electron chi connectivity index (χ2n) is 5.92. The molecule has 126 valence electrons. The summed E-state index contributed by atoms with van der Waals surface area (Å²) in [5.74, 6) is -0.564. The molecule has 0 spiro atoms. The molecule has 2 N–H and O–H groups in total. The van der Waals surface area contributed by atoms with E-state index in [1.807, 2.05) is 30.6 Å². The van der Waals surface area contributed by atoms with Crippen LogP contribution in [0, 0.1) is 5.82 Å². The number of carbonyl (C=O) groups is 1. The molecular weight excluding hydrogens is 319 g/mol. The number of fused-ring (bicyclic) bond motifs is 2. The fourth-order valence-electron chi connectivity index (χ4n) is 2.98. The number of amides is 1. The summed E-state index contributed by atoms with van der Waals surface area (Å²) in [5.41, 5.74) is 3.04. The maximum absolute atomic E-state index is 13.7. The number of aromatic amines is 1. The number of imidazole rings is 1. The summed E-state index contributed by atoms with van der Waals surface area (Å²) in [5, 5.41) is 3.29. The van der Waals surface area contributed by atoms with Crippen LogP contribution in [0.3, 0.4) is 0 Å². The van der Waals surface area contributed by atoms with Crippen LogP contribution in [0.4, 0.5) is 4.39 Å². The fraction of sp³-hybridized carbons (Fsp3) is 0.158. The van der Waals surface area contributed by atoms with Gasteiger partial charge in [-0.3, -0.25) is 4.79 Å². The number of aryl methyl sites for hydroxylation is 1. The van der Waals surface area contributed by atoms with Gasteiger partial charge in [0.1, 0.15) is 11.5 Å². The molecule has 0 bridgehead atoms. The number of hydrogen-bond acceptors (Lipinski definition) is 2. The zero-order valence-corrected chi connectivity index (χ0v) is 13.5. The minimum Gasteiger partial charge on any atom is -0.351 e. The van der Waals surface area contributed by atoms with Gasteiger partial charge in [-0.2, -0.15) is 0 Å². The van der Waals surface area contributed by atoms with E-state index in [-0.39, 0.29) is 11.7 Å². The van der Waals surface area contributed by atoms with E-state index < -0.39 is 0 Å². The lowest BCUT2D eigenvalue weighted by molar-refractivity contribution is 0.0948. The van der Waals surface area contributed by atoms with Gasteiger partial charge in [0, 0.05) is 24.0 Å². The number of aromatic nitrogens is 3. The second-order valence-corrected chi connectivity index (χ2v) is 5.92. The monoisotopic (exact) mass is 336 g/mol. The highest BCUT2D eigenvalue weighted by Gasteiger charge is 2.11. The van der Waals surface area contributed by atoms with Gasteiger partial charge in [-0.1, -0.05) is 18.2 Å². The molecule has 0 aliphatic carbocycles. The van der Waals surface area contributed by atoms with Crippen LogP contribution in [-0.4, -0.2) is 27.0 Å². The molecule has 0 atom stereocenters. The third-order valence-electron chi connectivity index (χ3n) is 4.24. The number of rotatable bonds is 5. The van der Waals surface area contributed by atoms with Gasteiger partial charge in [0.05, 0.1) is 17.4 Å². The van der Waals surface area contributed by atoms with Crippen LogP contribution in [-0.2, 0) is 6.54 Å². The molecule has 6 heteroatoms. The average Bonchev–Trinajstić information content (AvgIpc) is 3.24. The molecule has 5 nitrogen and oxygen atoms in total. The predicted octanol–water partition coefficient (Wildman–Crippen LogP) is 3.48. The van der Waals surface area contributed by atoms with Crippen molar-refractivity contribution in [2.24, 2.45) is 0 Å². The van der Waals surface area contributed by atoms with E-state index in [2.05, 4.69) is 19.9 Å². The first-order valence-electron chi connectivity index (χ1n) is 8.18. The van der Waals surface area contributed by atoms with Crippen molar-refractivity contribution in [3.63, 3.8) is 0 Å². The number of carbonyl (C=O) groups excluding carboxylic acids is 1. The van der Waals surface area contributed by atoms with Crippen LogP contribution in [0.1, 0.15) is 16.9 Å². The average molecular weight is 336 g/mol. The topological polar surface area (TPSA) is 62.7 Å². The summed E-state index contributed by atoms with van der Waals surface area (Å²) in [6, 6.07) is 14.2. The van der Waals surface area contributed by atoms with Crippen LogP contribution in [0.5, 0.6) is 0 Å². The molecule has 0 saturated heterocycles. The van der Waals surface area contributed by atoms with Crippen LogP contribution in [0.2, 0.25) is 0 Å². The summed E-state index contributed by atoms with van der Waals surface area (Å²) in [7, 11) is 0. The first-order chi connectivity index (χ1) is 12.2. The molecule has 0 radical (unpaired) electrons. The number of nitrogens with zero attached hydrogens (tertiary/aromatic N) is 2. The SMILES string of the molecule is O=C(NCCCn1cnc2ccccc21)c1cc2c(F)cccc2[nH]1. The molecule has 0 saturated carbocycles. The van der Waals surface area contributed by atoms with Crippen LogP contribution >= 0.6 is 0 Å². The van der Waals surface area contributed by atoms with Crippen molar-refractivity contribution >= 4 is 27.8 Å². The Morgan fingerprint density at radius 3 is 2.96 bits per heavy atom. The van der Waals surface area contributed by atoms with E-state index in [1.165, 1.54) is 6.07 Å². The van der Waals surface area contributed by atoms with Crippen molar-refractivity contribution < 1.29 is 9.18 Å². The second kappa shape index (κ2) is 6.39. The van der Waals surface area contributed by atoms with E-state index in [0.29, 0.717) is 23.1 Å². The van der Waals surface area contributed by atoms with Gasteiger partial charge < -0.3 is 14.9 Å². The highest BCUT2D eigenvalue weighted by Crippen LogP contribution is 2.18. The minimum absolute atomic E-state index is 0.230. The van der Waals surface area contributed by atoms with Crippen molar-refractivity contribution in [1.82, 2.24) is 19.9 Å². The normalized spacial score (nSPS) is 11.2. The van der Waals surface area contributed by atoms with Crippen molar-refractivity contribution in [1.29, 1.82) is 0 Å². The molecule has 0 aliphatic rings. The molecule has 2 heterocycles. The number of benzene rings is 2. The maximum Gasteiger partial charge on any atom is 0.267 e. The van der Waals surface area contributed by atoms with E-state index in [0.717, 1.165) is 24.0 Å². The number of para-hydroxylation sites is 2. The van der Waals surface area contributed by atoms with Gasteiger partial charge in [0.15, 0.2) is 0 Å². The molecule has 0 unspecified atom stereocenters. The molecule has 4 aromatic rings. The maximum atomic E-state index is 13.7. The standard InChI is InChI=1S/C19H17FN4O/c20-14-5-3-7-15-13(14)11-17(23-15)19(25)21-9-4-10-24-12-22-16-6-1-2-8-18(16)24/h1-3,5-8,11-12,23H,4,9-10H2,(H,21,25). The van der Waals surface area contributed by atoms with Crippen molar-refractivity contribution in [3.05, 3.63) is 66.4 Å². The molecule has 4 rings (SSSR count). The van der Waals surface area contributed by atoms with Gasteiger partial charge in [0.25, 0.3) is 5.91 Å². The number of hydrogen-bond donors (Lipinski definition) is 2. The van der Waals surface area contributed by atoms with E-state index >= 15 is 0 Å². The van der Waals surface area contributed by atoms with Crippen LogP contribution < -0.4 is 5.32 Å². The highest BCUT2D eigenvalue weighted by atomic mass is 19.1. The molecule has 0 aliphatic heterocycles. The number of halogens is 1. The first-order valence-corrected chi connectivity index (χ1v) is 8.18. The van der Waals surface area contributed by atoms with Gasteiger partial charge in [0.2, 0.25) is 0 Å². The molecule has 2 aromatic carbocycles. The van der Waals surface area contributed by atoms with Gasteiger partial charge in [-0.05, 0) is 36.8 Å². The summed E-state index contributed by atoms with van der Waals surface area (Å²) in [4.78, 5) is 19.5. The Bertz CT molecular complexity index is 1050. The lowest BCUT2D eigenvalue weighted by atomic mass is 10.2. The fourth-order valence-corrected chi connectivity index (χ4v) is 2.98. The third-order valence-corrected chi connectivity index (χ3v) is 4.24. The van der Waals surface area contributed by atoms with Crippen molar-refractivity contribution in [3.8, 4) is 0 Å². The molecule has 0 fully saturated rings. The Kier molecular flexibility index (Phi) is 3.93. The Morgan fingerprint density at radius 1 is 1.20 bits per heavy atom. The van der Waals surface area contributed by atoms with E-state index in [9.17, 15) is 9.18 Å². The Balaban J connectivity index is 1.36. The van der Waals surface area contributed by atoms with Crippen molar-refractivity contribution in [2.45, 2.75) is 13.0 Å². The Morgan fingerprint density at radius 2 is 2.08 bits per heavy atom.